The molecule has 4 nitrogen and oxygen atoms in total. The van der Waals surface area contributed by atoms with E-state index in [0.717, 1.165) is 19.3 Å². The summed E-state index contributed by atoms with van der Waals surface area (Å²) in [5, 5.41) is 14.3. The van der Waals surface area contributed by atoms with Crippen LogP contribution in [0.4, 0.5) is 0 Å². The maximum atomic E-state index is 12.4. The lowest BCUT2D eigenvalue weighted by Gasteiger charge is -2.29. The first-order valence-electron chi connectivity index (χ1n) is 7.74. The van der Waals surface area contributed by atoms with Crippen molar-refractivity contribution < 1.29 is 14.7 Å². The number of rotatable bonds is 3. The van der Waals surface area contributed by atoms with Gasteiger partial charge in [-0.1, -0.05) is 0 Å². The summed E-state index contributed by atoms with van der Waals surface area (Å²) in [5.41, 5.74) is 1.29. The summed E-state index contributed by atoms with van der Waals surface area (Å²) in [6, 6.07) is 2.29. The zero-order valence-corrected chi connectivity index (χ0v) is 12.8. The highest BCUT2D eigenvalue weighted by Crippen LogP contribution is 2.34. The van der Waals surface area contributed by atoms with Gasteiger partial charge in [0.1, 0.15) is 0 Å². The van der Waals surface area contributed by atoms with Crippen LogP contribution >= 0.6 is 11.3 Å². The predicted octanol–water partition coefficient (Wildman–Crippen LogP) is 3.13. The highest BCUT2D eigenvalue weighted by atomic mass is 32.1. The van der Waals surface area contributed by atoms with E-state index in [1.54, 1.807) is 11.3 Å². The molecule has 1 aromatic heterocycles. The van der Waals surface area contributed by atoms with Gasteiger partial charge in [0.15, 0.2) is 0 Å². The van der Waals surface area contributed by atoms with Gasteiger partial charge < -0.3 is 10.4 Å². The molecule has 1 fully saturated rings. The Labute approximate surface area is 128 Å². The summed E-state index contributed by atoms with van der Waals surface area (Å²) < 4.78 is 0. The Balaban J connectivity index is 1.57. The van der Waals surface area contributed by atoms with Crippen molar-refractivity contribution in [3.63, 3.8) is 0 Å². The Morgan fingerprint density at radius 3 is 2.57 bits per heavy atom. The van der Waals surface area contributed by atoms with Crippen molar-refractivity contribution in [1.82, 2.24) is 5.32 Å². The maximum absolute atomic E-state index is 12.4. The molecule has 0 aromatic carbocycles. The van der Waals surface area contributed by atoms with Crippen LogP contribution in [0.25, 0.3) is 0 Å². The summed E-state index contributed by atoms with van der Waals surface area (Å²) >= 11 is 1.78. The second-order valence-electron chi connectivity index (χ2n) is 6.14. The highest BCUT2D eigenvalue weighted by Gasteiger charge is 2.31. The van der Waals surface area contributed by atoms with Crippen molar-refractivity contribution >= 4 is 23.2 Å². The third-order valence-corrected chi connectivity index (χ3v) is 5.81. The number of carbonyl (C=O) groups is 2. The number of fused-ring (bicyclic) bond motifs is 1. The van der Waals surface area contributed by atoms with E-state index in [1.165, 1.54) is 10.4 Å². The van der Waals surface area contributed by atoms with E-state index >= 15 is 0 Å². The Bertz CT molecular complexity index is 531. The van der Waals surface area contributed by atoms with Gasteiger partial charge in [0.05, 0.1) is 12.0 Å². The number of hydrogen-bond acceptors (Lipinski definition) is 3. The largest absolute Gasteiger partial charge is 0.481 e. The lowest BCUT2D eigenvalue weighted by Crippen LogP contribution is -2.37. The van der Waals surface area contributed by atoms with Gasteiger partial charge in [0.2, 0.25) is 5.91 Å². The van der Waals surface area contributed by atoms with Crippen LogP contribution in [0.15, 0.2) is 11.4 Å². The minimum absolute atomic E-state index is 0.00962. The van der Waals surface area contributed by atoms with Crippen LogP contribution in [-0.4, -0.2) is 17.0 Å². The van der Waals surface area contributed by atoms with E-state index in [0.29, 0.717) is 25.7 Å². The van der Waals surface area contributed by atoms with Crippen LogP contribution in [0.3, 0.4) is 0 Å². The Kier molecular flexibility index (Phi) is 4.29. The molecule has 0 spiro atoms. The fraction of sp³-hybridized carbons (Fsp3) is 0.625. The molecule has 0 bridgehead atoms. The van der Waals surface area contributed by atoms with Gasteiger partial charge in [-0.2, -0.15) is 0 Å². The molecule has 0 saturated heterocycles. The Morgan fingerprint density at radius 1 is 1.14 bits per heavy atom. The SMILES string of the molecule is O=C(O)C1CCC(C(=O)NC2CCCc3sccc32)CC1. The molecule has 1 atom stereocenters. The number of nitrogens with one attached hydrogen (secondary N) is 1. The number of amides is 1. The third-order valence-electron chi connectivity index (χ3n) is 4.82. The fourth-order valence-corrected chi connectivity index (χ4v) is 4.52. The first kappa shape index (κ1) is 14.6. The fourth-order valence-electron chi connectivity index (χ4n) is 3.53. The number of aliphatic carboxylic acids is 1. The number of thiophene rings is 1. The van der Waals surface area contributed by atoms with Gasteiger partial charge in [-0.3, -0.25) is 9.59 Å². The molecule has 1 aromatic rings. The van der Waals surface area contributed by atoms with Crippen molar-refractivity contribution in [2.45, 2.75) is 51.0 Å². The standard InChI is InChI=1S/C16H21NO3S/c18-15(10-4-6-11(7-5-10)16(19)20)17-13-2-1-3-14-12(13)8-9-21-14/h8-11,13H,1-7H2,(H,17,18)(H,19,20). The lowest BCUT2D eigenvalue weighted by atomic mass is 9.81. The number of hydrogen-bond donors (Lipinski definition) is 2. The van der Waals surface area contributed by atoms with Gasteiger partial charge >= 0.3 is 5.97 Å². The van der Waals surface area contributed by atoms with E-state index in [-0.39, 0.29) is 23.8 Å². The first-order chi connectivity index (χ1) is 10.1. The van der Waals surface area contributed by atoms with Crippen LogP contribution in [0, 0.1) is 11.8 Å². The number of aryl methyl sites for hydroxylation is 1. The second kappa shape index (κ2) is 6.18. The molecule has 2 aliphatic carbocycles. The lowest BCUT2D eigenvalue weighted by molar-refractivity contribution is -0.144. The molecule has 5 heteroatoms. The summed E-state index contributed by atoms with van der Waals surface area (Å²) in [6.07, 6.45) is 5.93. The van der Waals surface area contributed by atoms with Gasteiger partial charge in [-0.25, -0.2) is 0 Å². The smallest absolute Gasteiger partial charge is 0.306 e. The van der Waals surface area contributed by atoms with Gasteiger partial charge in [0, 0.05) is 10.8 Å². The van der Waals surface area contributed by atoms with Crippen LogP contribution in [0.1, 0.15) is 55.0 Å². The Morgan fingerprint density at radius 2 is 1.86 bits per heavy atom. The van der Waals surface area contributed by atoms with E-state index in [9.17, 15) is 9.59 Å². The molecule has 3 rings (SSSR count). The quantitative estimate of drug-likeness (QED) is 0.901. The topological polar surface area (TPSA) is 66.4 Å². The Hall–Kier alpha value is -1.36. The summed E-state index contributed by atoms with van der Waals surface area (Å²) in [7, 11) is 0. The molecule has 2 N–H and O–H groups in total. The maximum Gasteiger partial charge on any atom is 0.306 e. The number of carboxylic acid groups (broad SMARTS) is 1. The van der Waals surface area contributed by atoms with Crippen molar-refractivity contribution in [2.24, 2.45) is 11.8 Å². The van der Waals surface area contributed by atoms with E-state index in [1.807, 2.05) is 0 Å². The minimum atomic E-state index is -0.718. The molecular weight excluding hydrogens is 286 g/mol. The van der Waals surface area contributed by atoms with Gasteiger partial charge in [0.25, 0.3) is 0 Å². The molecule has 1 amide bonds. The zero-order chi connectivity index (χ0) is 14.8. The first-order valence-corrected chi connectivity index (χ1v) is 8.62. The number of carboxylic acids is 1. The van der Waals surface area contributed by atoms with E-state index in [4.69, 9.17) is 5.11 Å². The average molecular weight is 307 g/mol. The van der Waals surface area contributed by atoms with Gasteiger partial charge in [-0.05, 0) is 62.0 Å². The molecule has 0 aliphatic heterocycles. The summed E-state index contributed by atoms with van der Waals surface area (Å²) in [6.45, 7) is 0. The van der Waals surface area contributed by atoms with Crippen LogP contribution in [-0.2, 0) is 16.0 Å². The van der Waals surface area contributed by atoms with Crippen molar-refractivity contribution in [1.29, 1.82) is 0 Å². The highest BCUT2D eigenvalue weighted by molar-refractivity contribution is 7.10. The average Bonchev–Trinajstić information content (AvgIpc) is 2.97. The monoisotopic (exact) mass is 307 g/mol. The normalized spacial score (nSPS) is 28.7. The molecule has 114 valence electrons. The van der Waals surface area contributed by atoms with E-state index in [2.05, 4.69) is 16.8 Å². The molecule has 2 aliphatic rings. The molecule has 0 radical (unpaired) electrons. The summed E-state index contributed by atoms with van der Waals surface area (Å²) in [4.78, 5) is 24.8. The van der Waals surface area contributed by atoms with Crippen molar-refractivity contribution in [2.75, 3.05) is 0 Å². The zero-order valence-electron chi connectivity index (χ0n) is 12.0. The predicted molar refractivity (Wildman–Crippen MR) is 81.2 cm³/mol. The van der Waals surface area contributed by atoms with Crippen LogP contribution < -0.4 is 5.32 Å². The van der Waals surface area contributed by atoms with Crippen LogP contribution in [0.2, 0.25) is 0 Å². The van der Waals surface area contributed by atoms with Crippen LogP contribution in [0.5, 0.6) is 0 Å². The second-order valence-corrected chi connectivity index (χ2v) is 7.14. The summed E-state index contributed by atoms with van der Waals surface area (Å²) in [5.74, 6) is -0.872. The van der Waals surface area contributed by atoms with Crippen molar-refractivity contribution in [3.05, 3.63) is 21.9 Å². The molecular formula is C16H21NO3S. The molecule has 1 heterocycles. The third kappa shape index (κ3) is 3.12. The van der Waals surface area contributed by atoms with Crippen molar-refractivity contribution in [3.8, 4) is 0 Å². The minimum Gasteiger partial charge on any atom is -0.481 e. The van der Waals surface area contributed by atoms with Gasteiger partial charge in [-0.15, -0.1) is 11.3 Å². The molecule has 21 heavy (non-hydrogen) atoms. The molecule has 1 saturated carbocycles. The van der Waals surface area contributed by atoms with E-state index < -0.39 is 5.97 Å². The number of carbonyl (C=O) groups excluding carboxylic acids is 1. The molecule has 1 unspecified atom stereocenters.